The van der Waals surface area contributed by atoms with Crippen molar-refractivity contribution in [1.82, 2.24) is 5.32 Å². The van der Waals surface area contributed by atoms with Gasteiger partial charge in [-0.25, -0.2) is 4.79 Å². The molecule has 5 nitrogen and oxygen atoms in total. The molecule has 0 aliphatic heterocycles. The van der Waals surface area contributed by atoms with Crippen LogP contribution in [0.2, 0.25) is 0 Å². The minimum Gasteiger partial charge on any atom is -0.480 e. The second-order valence-corrected chi connectivity index (χ2v) is 5.42. The number of aliphatic hydroxyl groups excluding tert-OH is 1. The SMILES string of the molecule is C[C@@H](O)[C@H](NC(=O)c1ccc(Br)cc1Br)C(=O)O. The molecule has 7 heteroatoms. The fraction of sp³-hybridized carbons (Fsp3) is 0.273. The van der Waals surface area contributed by atoms with E-state index < -0.39 is 24.0 Å². The number of nitrogens with one attached hydrogen (secondary N) is 1. The van der Waals surface area contributed by atoms with E-state index in [9.17, 15) is 14.7 Å². The molecule has 0 radical (unpaired) electrons. The third kappa shape index (κ3) is 3.79. The molecule has 0 heterocycles. The molecule has 0 fully saturated rings. The van der Waals surface area contributed by atoms with Crippen LogP contribution < -0.4 is 5.32 Å². The van der Waals surface area contributed by atoms with Gasteiger partial charge >= 0.3 is 5.97 Å². The second-order valence-electron chi connectivity index (χ2n) is 3.65. The van der Waals surface area contributed by atoms with E-state index in [1.807, 2.05) is 0 Å². The number of hydrogen-bond donors (Lipinski definition) is 3. The second kappa shape index (κ2) is 6.31. The Morgan fingerprint density at radius 3 is 2.39 bits per heavy atom. The van der Waals surface area contributed by atoms with Crippen LogP contribution in [0.25, 0.3) is 0 Å². The van der Waals surface area contributed by atoms with E-state index in [-0.39, 0.29) is 0 Å². The Hall–Kier alpha value is -0.920. The molecule has 1 rings (SSSR count). The summed E-state index contributed by atoms with van der Waals surface area (Å²) >= 11 is 6.46. The molecule has 1 aromatic rings. The van der Waals surface area contributed by atoms with Crippen LogP contribution >= 0.6 is 31.9 Å². The summed E-state index contributed by atoms with van der Waals surface area (Å²) < 4.78 is 1.32. The molecule has 0 bridgehead atoms. The number of halogens is 2. The molecule has 0 saturated heterocycles. The highest BCUT2D eigenvalue weighted by molar-refractivity contribution is 9.11. The Labute approximate surface area is 120 Å². The molecule has 3 N–H and O–H groups in total. The van der Waals surface area contributed by atoms with Crippen LogP contribution in [0.15, 0.2) is 27.1 Å². The van der Waals surface area contributed by atoms with Gasteiger partial charge in [-0.1, -0.05) is 15.9 Å². The van der Waals surface area contributed by atoms with Crippen molar-refractivity contribution in [2.75, 3.05) is 0 Å². The molecular formula is C11H11Br2NO4. The summed E-state index contributed by atoms with van der Waals surface area (Å²) in [5, 5.41) is 20.4. The Kier molecular flexibility index (Phi) is 5.30. The Balaban J connectivity index is 2.91. The molecule has 0 unspecified atom stereocenters. The van der Waals surface area contributed by atoms with Crippen molar-refractivity contribution < 1.29 is 19.8 Å². The number of aliphatic hydroxyl groups is 1. The van der Waals surface area contributed by atoms with Gasteiger partial charge in [0.15, 0.2) is 6.04 Å². The zero-order chi connectivity index (χ0) is 13.9. The number of carboxylic acids is 1. The van der Waals surface area contributed by atoms with Crippen molar-refractivity contribution in [3.8, 4) is 0 Å². The first-order chi connectivity index (χ1) is 8.32. The summed E-state index contributed by atoms with van der Waals surface area (Å²) in [4.78, 5) is 22.7. The Morgan fingerprint density at radius 2 is 1.94 bits per heavy atom. The highest BCUT2D eigenvalue weighted by atomic mass is 79.9. The lowest BCUT2D eigenvalue weighted by molar-refractivity contribution is -0.141. The van der Waals surface area contributed by atoms with Crippen LogP contribution in [-0.2, 0) is 4.79 Å². The molecule has 98 valence electrons. The molecule has 0 saturated carbocycles. The van der Waals surface area contributed by atoms with Gasteiger partial charge in [0.1, 0.15) is 0 Å². The average Bonchev–Trinajstić information content (AvgIpc) is 2.24. The molecule has 1 amide bonds. The standard InChI is InChI=1S/C11H11Br2NO4/c1-5(15)9(11(17)18)14-10(16)7-3-2-6(12)4-8(7)13/h2-5,9,15H,1H3,(H,14,16)(H,17,18)/t5-,9+/m1/s1. The molecule has 0 aliphatic carbocycles. The minimum atomic E-state index is -1.34. The summed E-state index contributed by atoms with van der Waals surface area (Å²) in [5.74, 6) is -1.85. The lowest BCUT2D eigenvalue weighted by Gasteiger charge is -2.17. The van der Waals surface area contributed by atoms with E-state index in [0.717, 1.165) is 4.47 Å². The maximum atomic E-state index is 11.9. The van der Waals surface area contributed by atoms with Crippen molar-refractivity contribution in [2.24, 2.45) is 0 Å². The van der Waals surface area contributed by atoms with Crippen LogP contribution in [0.3, 0.4) is 0 Å². The van der Waals surface area contributed by atoms with E-state index in [4.69, 9.17) is 5.11 Å². The van der Waals surface area contributed by atoms with Gasteiger partial charge < -0.3 is 15.5 Å². The zero-order valence-corrected chi connectivity index (χ0v) is 12.5. The summed E-state index contributed by atoms with van der Waals surface area (Å²) in [7, 11) is 0. The summed E-state index contributed by atoms with van der Waals surface area (Å²) in [6.45, 7) is 1.30. The highest BCUT2D eigenvalue weighted by Crippen LogP contribution is 2.22. The van der Waals surface area contributed by atoms with Crippen LogP contribution in [-0.4, -0.2) is 34.2 Å². The van der Waals surface area contributed by atoms with Gasteiger partial charge in [-0.05, 0) is 41.1 Å². The van der Waals surface area contributed by atoms with Crippen LogP contribution in [0, 0.1) is 0 Å². The lowest BCUT2D eigenvalue weighted by Crippen LogP contribution is -2.47. The summed E-state index contributed by atoms with van der Waals surface area (Å²) in [6, 6.07) is 3.54. The Morgan fingerprint density at radius 1 is 1.33 bits per heavy atom. The number of rotatable bonds is 4. The van der Waals surface area contributed by atoms with Crippen LogP contribution in [0.5, 0.6) is 0 Å². The number of carboxylic acid groups (broad SMARTS) is 1. The fourth-order valence-corrected chi connectivity index (χ4v) is 2.51. The van der Waals surface area contributed by atoms with E-state index in [1.165, 1.54) is 6.92 Å². The van der Waals surface area contributed by atoms with Crippen LogP contribution in [0.1, 0.15) is 17.3 Å². The van der Waals surface area contributed by atoms with Gasteiger partial charge in [-0.2, -0.15) is 0 Å². The normalized spacial score (nSPS) is 13.8. The van der Waals surface area contributed by atoms with Gasteiger partial charge in [0.25, 0.3) is 5.91 Å². The summed E-state index contributed by atoms with van der Waals surface area (Å²) in [5.41, 5.74) is 0.296. The third-order valence-corrected chi connectivity index (χ3v) is 3.36. The van der Waals surface area contributed by atoms with E-state index in [0.29, 0.717) is 10.0 Å². The first-order valence-corrected chi connectivity index (χ1v) is 6.58. The first-order valence-electron chi connectivity index (χ1n) is 4.99. The van der Waals surface area contributed by atoms with Crippen molar-refractivity contribution in [3.05, 3.63) is 32.7 Å². The predicted octanol–water partition coefficient (Wildman–Crippen LogP) is 1.78. The minimum absolute atomic E-state index is 0.296. The number of benzene rings is 1. The number of hydrogen-bond acceptors (Lipinski definition) is 3. The third-order valence-electron chi connectivity index (χ3n) is 2.21. The van der Waals surface area contributed by atoms with Gasteiger partial charge in [-0.3, -0.25) is 4.79 Å². The molecule has 1 aromatic carbocycles. The number of carbonyl (C=O) groups is 2. The maximum Gasteiger partial charge on any atom is 0.328 e. The van der Waals surface area contributed by atoms with Gasteiger partial charge in [-0.15, -0.1) is 0 Å². The average molecular weight is 381 g/mol. The molecule has 0 aliphatic rings. The topological polar surface area (TPSA) is 86.6 Å². The molecule has 0 aromatic heterocycles. The van der Waals surface area contributed by atoms with Crippen molar-refractivity contribution >= 4 is 43.7 Å². The predicted molar refractivity (Wildman–Crippen MR) is 72.4 cm³/mol. The number of carbonyl (C=O) groups excluding carboxylic acids is 1. The summed E-state index contributed by atoms with van der Waals surface area (Å²) in [6.07, 6.45) is -1.18. The van der Waals surface area contributed by atoms with E-state index >= 15 is 0 Å². The van der Waals surface area contributed by atoms with Crippen molar-refractivity contribution in [1.29, 1.82) is 0 Å². The van der Waals surface area contributed by atoms with Gasteiger partial charge in [0.2, 0.25) is 0 Å². The quantitative estimate of drug-likeness (QED) is 0.743. The van der Waals surface area contributed by atoms with E-state index in [2.05, 4.69) is 37.2 Å². The lowest BCUT2D eigenvalue weighted by atomic mass is 10.1. The highest BCUT2D eigenvalue weighted by Gasteiger charge is 2.26. The van der Waals surface area contributed by atoms with E-state index in [1.54, 1.807) is 18.2 Å². The first kappa shape index (κ1) is 15.1. The molecular weight excluding hydrogens is 370 g/mol. The van der Waals surface area contributed by atoms with Gasteiger partial charge in [0, 0.05) is 8.95 Å². The fourth-order valence-electron chi connectivity index (χ4n) is 1.28. The van der Waals surface area contributed by atoms with Crippen LogP contribution in [0.4, 0.5) is 0 Å². The molecule has 0 spiro atoms. The molecule has 18 heavy (non-hydrogen) atoms. The smallest absolute Gasteiger partial charge is 0.328 e. The number of aliphatic carboxylic acids is 1. The Bertz CT molecular complexity index is 476. The molecule has 2 atom stereocenters. The number of amides is 1. The maximum absolute atomic E-state index is 11.9. The monoisotopic (exact) mass is 379 g/mol. The van der Waals surface area contributed by atoms with Crippen molar-refractivity contribution in [2.45, 2.75) is 19.1 Å². The largest absolute Gasteiger partial charge is 0.480 e. The van der Waals surface area contributed by atoms with Gasteiger partial charge in [0.05, 0.1) is 11.7 Å². The van der Waals surface area contributed by atoms with Crippen molar-refractivity contribution in [3.63, 3.8) is 0 Å². The zero-order valence-electron chi connectivity index (χ0n) is 9.35.